The Morgan fingerprint density at radius 3 is 2.55 bits per heavy atom. The molecule has 1 saturated carbocycles. The lowest BCUT2D eigenvalue weighted by atomic mass is 9.81. The van der Waals surface area contributed by atoms with Crippen LogP contribution in [0.15, 0.2) is 0 Å². The van der Waals surface area contributed by atoms with Crippen LogP contribution in [0.1, 0.15) is 12.8 Å². The molecule has 1 fully saturated rings. The van der Waals surface area contributed by atoms with Gasteiger partial charge in [-0.1, -0.05) is 0 Å². The summed E-state index contributed by atoms with van der Waals surface area (Å²) in [6.07, 6.45) is -1.53. The van der Waals surface area contributed by atoms with Crippen molar-refractivity contribution < 1.29 is 18.7 Å². The number of halogens is 2. The summed E-state index contributed by atoms with van der Waals surface area (Å²) in [6.45, 7) is 0.144. The number of carboxylic acid groups (broad SMARTS) is 1. The quantitative estimate of drug-likeness (QED) is 0.647. The highest BCUT2D eigenvalue weighted by molar-refractivity contribution is 5.64. The van der Waals surface area contributed by atoms with Crippen molar-refractivity contribution in [2.75, 3.05) is 6.54 Å². The largest absolute Gasteiger partial charge is 0.465 e. The molecule has 0 aromatic rings. The lowest BCUT2D eigenvalue weighted by Crippen LogP contribution is -2.42. The number of hydrogen-bond acceptors (Lipinski definition) is 1. The van der Waals surface area contributed by atoms with Gasteiger partial charge in [0.2, 0.25) is 5.92 Å². The van der Waals surface area contributed by atoms with Crippen LogP contribution in [0.5, 0.6) is 0 Å². The summed E-state index contributed by atoms with van der Waals surface area (Å²) in [6, 6.07) is 0. The van der Waals surface area contributed by atoms with Gasteiger partial charge in [-0.15, -0.1) is 0 Å². The van der Waals surface area contributed by atoms with E-state index in [0.29, 0.717) is 0 Å². The minimum absolute atomic E-state index is 0.144. The molecule has 0 unspecified atom stereocenters. The van der Waals surface area contributed by atoms with Crippen LogP contribution < -0.4 is 5.32 Å². The summed E-state index contributed by atoms with van der Waals surface area (Å²) in [4.78, 5) is 9.91. The molecule has 5 heteroatoms. The molecule has 0 saturated heterocycles. The first-order valence-corrected chi connectivity index (χ1v) is 3.34. The summed E-state index contributed by atoms with van der Waals surface area (Å²) < 4.78 is 24.3. The fraction of sp³-hybridized carbons (Fsp3) is 0.833. The predicted octanol–water partition coefficient (Wildman–Crippen LogP) is 1.30. The zero-order chi connectivity index (χ0) is 8.48. The molecule has 0 atom stereocenters. The lowest BCUT2D eigenvalue weighted by Gasteiger charge is -2.34. The Morgan fingerprint density at radius 2 is 2.18 bits per heavy atom. The molecule has 3 nitrogen and oxygen atoms in total. The van der Waals surface area contributed by atoms with Crippen LogP contribution in [0.25, 0.3) is 0 Å². The average molecular weight is 165 g/mol. The van der Waals surface area contributed by atoms with Crippen molar-refractivity contribution in [2.45, 2.75) is 18.8 Å². The molecule has 0 aromatic carbocycles. The Balaban J connectivity index is 2.09. The fourth-order valence-electron chi connectivity index (χ4n) is 1.16. The number of amides is 1. The summed E-state index contributed by atoms with van der Waals surface area (Å²) in [5.41, 5.74) is 0. The van der Waals surface area contributed by atoms with E-state index in [9.17, 15) is 13.6 Å². The third kappa shape index (κ3) is 2.32. The second-order valence-electron chi connectivity index (χ2n) is 2.82. The van der Waals surface area contributed by atoms with Crippen molar-refractivity contribution in [3.8, 4) is 0 Å². The van der Waals surface area contributed by atoms with Gasteiger partial charge in [-0.25, -0.2) is 13.6 Å². The number of carbonyl (C=O) groups is 1. The summed E-state index contributed by atoms with van der Waals surface area (Å²) in [7, 11) is 0. The molecular weight excluding hydrogens is 156 g/mol. The molecular formula is C6H9F2NO2. The Labute approximate surface area is 62.4 Å². The van der Waals surface area contributed by atoms with E-state index in [4.69, 9.17) is 5.11 Å². The van der Waals surface area contributed by atoms with Crippen LogP contribution in [-0.2, 0) is 0 Å². The predicted molar refractivity (Wildman–Crippen MR) is 33.7 cm³/mol. The Bertz CT molecular complexity index is 164. The Kier molecular flexibility index (Phi) is 1.97. The number of nitrogens with one attached hydrogen (secondary N) is 1. The second kappa shape index (κ2) is 2.64. The van der Waals surface area contributed by atoms with Crippen molar-refractivity contribution in [1.29, 1.82) is 0 Å². The summed E-state index contributed by atoms with van der Waals surface area (Å²) >= 11 is 0. The molecule has 11 heavy (non-hydrogen) atoms. The molecule has 0 heterocycles. The van der Waals surface area contributed by atoms with Crippen LogP contribution in [0.2, 0.25) is 0 Å². The van der Waals surface area contributed by atoms with E-state index in [1.807, 2.05) is 0 Å². The number of alkyl halides is 2. The Morgan fingerprint density at radius 1 is 1.64 bits per heavy atom. The van der Waals surface area contributed by atoms with Crippen molar-refractivity contribution in [1.82, 2.24) is 5.32 Å². The maximum absolute atomic E-state index is 12.1. The van der Waals surface area contributed by atoms with Crippen LogP contribution >= 0.6 is 0 Å². The molecule has 64 valence electrons. The van der Waals surface area contributed by atoms with E-state index >= 15 is 0 Å². The van der Waals surface area contributed by atoms with Gasteiger partial charge in [-0.3, -0.25) is 0 Å². The highest BCUT2D eigenvalue weighted by atomic mass is 19.3. The normalized spacial score (nSPS) is 22.4. The fourth-order valence-corrected chi connectivity index (χ4v) is 1.16. The monoisotopic (exact) mass is 165 g/mol. The molecule has 1 amide bonds. The molecule has 1 rings (SSSR count). The number of hydrogen-bond donors (Lipinski definition) is 2. The van der Waals surface area contributed by atoms with Crippen molar-refractivity contribution >= 4 is 6.09 Å². The highest BCUT2D eigenvalue weighted by Crippen LogP contribution is 2.41. The van der Waals surface area contributed by atoms with Crippen LogP contribution in [0.3, 0.4) is 0 Å². The van der Waals surface area contributed by atoms with Gasteiger partial charge in [0.1, 0.15) is 0 Å². The average Bonchev–Trinajstić information content (AvgIpc) is 1.78. The van der Waals surface area contributed by atoms with E-state index in [-0.39, 0.29) is 25.3 Å². The molecule has 0 radical (unpaired) electrons. The topological polar surface area (TPSA) is 49.3 Å². The molecule has 1 aliphatic rings. The minimum atomic E-state index is -2.55. The molecule has 0 spiro atoms. The van der Waals surface area contributed by atoms with Crippen molar-refractivity contribution in [3.05, 3.63) is 0 Å². The zero-order valence-corrected chi connectivity index (χ0v) is 5.81. The maximum atomic E-state index is 12.1. The minimum Gasteiger partial charge on any atom is -0.465 e. The molecule has 0 aromatic heterocycles. The van der Waals surface area contributed by atoms with Crippen LogP contribution in [0.4, 0.5) is 13.6 Å². The zero-order valence-electron chi connectivity index (χ0n) is 5.81. The van der Waals surface area contributed by atoms with Gasteiger partial charge in [0.25, 0.3) is 0 Å². The van der Waals surface area contributed by atoms with Gasteiger partial charge < -0.3 is 10.4 Å². The van der Waals surface area contributed by atoms with Gasteiger partial charge in [-0.05, 0) is 5.92 Å². The smallest absolute Gasteiger partial charge is 0.404 e. The van der Waals surface area contributed by atoms with E-state index in [1.165, 1.54) is 0 Å². The van der Waals surface area contributed by atoms with Crippen LogP contribution in [0, 0.1) is 5.92 Å². The molecule has 1 aliphatic carbocycles. The summed E-state index contributed by atoms with van der Waals surface area (Å²) in [5.74, 6) is -2.73. The van der Waals surface area contributed by atoms with E-state index in [0.717, 1.165) is 0 Å². The molecule has 0 bridgehead atoms. The van der Waals surface area contributed by atoms with E-state index in [2.05, 4.69) is 5.32 Å². The van der Waals surface area contributed by atoms with Gasteiger partial charge in [0.05, 0.1) is 0 Å². The van der Waals surface area contributed by atoms with Crippen LogP contribution in [-0.4, -0.2) is 23.7 Å². The van der Waals surface area contributed by atoms with E-state index < -0.39 is 12.0 Å². The first-order valence-electron chi connectivity index (χ1n) is 3.34. The van der Waals surface area contributed by atoms with Crippen molar-refractivity contribution in [3.63, 3.8) is 0 Å². The number of rotatable bonds is 2. The third-order valence-electron chi connectivity index (χ3n) is 1.72. The maximum Gasteiger partial charge on any atom is 0.404 e. The second-order valence-corrected chi connectivity index (χ2v) is 2.82. The highest BCUT2D eigenvalue weighted by Gasteiger charge is 2.44. The van der Waals surface area contributed by atoms with Gasteiger partial charge >= 0.3 is 6.09 Å². The lowest BCUT2D eigenvalue weighted by molar-refractivity contribution is -0.108. The van der Waals surface area contributed by atoms with Gasteiger partial charge in [0, 0.05) is 19.4 Å². The van der Waals surface area contributed by atoms with Gasteiger partial charge in [0.15, 0.2) is 0 Å². The SMILES string of the molecule is O=C(O)NCC1CC(F)(F)C1. The molecule has 2 N–H and O–H groups in total. The third-order valence-corrected chi connectivity index (χ3v) is 1.72. The molecule has 0 aliphatic heterocycles. The first-order chi connectivity index (χ1) is 4.99. The standard InChI is InChI=1S/C6H9F2NO2/c7-6(8)1-4(2-6)3-9-5(10)11/h4,9H,1-3H2,(H,10,11). The van der Waals surface area contributed by atoms with E-state index in [1.54, 1.807) is 0 Å². The van der Waals surface area contributed by atoms with Gasteiger partial charge in [-0.2, -0.15) is 0 Å². The summed E-state index contributed by atoms with van der Waals surface area (Å²) in [5, 5.41) is 10.2. The Hall–Kier alpha value is -0.870. The first kappa shape index (κ1) is 8.23. The van der Waals surface area contributed by atoms with Crippen molar-refractivity contribution in [2.24, 2.45) is 5.92 Å².